The van der Waals surface area contributed by atoms with Crippen molar-refractivity contribution in [3.05, 3.63) is 47.5 Å². The smallest absolute Gasteiger partial charge is 0.181 e. The summed E-state index contributed by atoms with van der Waals surface area (Å²) in [6.45, 7) is 6.08. The monoisotopic (exact) mass is 426 g/mol. The third-order valence-corrected chi connectivity index (χ3v) is 8.25. The maximum Gasteiger partial charge on any atom is 0.181 e. The van der Waals surface area contributed by atoms with Crippen LogP contribution in [0.1, 0.15) is 102 Å². The normalized spacial score (nSPS) is 33.2. The van der Waals surface area contributed by atoms with Crippen molar-refractivity contribution in [1.82, 2.24) is 0 Å². The van der Waals surface area contributed by atoms with E-state index in [2.05, 4.69) is 44.2 Å². The van der Waals surface area contributed by atoms with E-state index in [4.69, 9.17) is 14.2 Å². The molecular weight excluding hydrogens is 384 g/mol. The fraction of sp³-hybridized carbons (Fsp3) is 0.714. The maximum absolute atomic E-state index is 6.06. The van der Waals surface area contributed by atoms with Crippen LogP contribution >= 0.6 is 0 Å². The second-order valence-corrected chi connectivity index (χ2v) is 10.2. The van der Waals surface area contributed by atoms with Gasteiger partial charge in [-0.3, -0.25) is 0 Å². The Hall–Kier alpha value is -1.16. The van der Waals surface area contributed by atoms with E-state index >= 15 is 0 Å². The molecule has 1 heterocycles. The molecule has 3 heteroatoms. The zero-order valence-corrected chi connectivity index (χ0v) is 19.7. The highest BCUT2D eigenvalue weighted by Gasteiger charge is 2.48. The summed E-state index contributed by atoms with van der Waals surface area (Å²) in [5.74, 6) is 0. The van der Waals surface area contributed by atoms with Crippen LogP contribution in [0.5, 0.6) is 0 Å². The van der Waals surface area contributed by atoms with Gasteiger partial charge in [-0.05, 0) is 73.3 Å². The number of rotatable bonds is 10. The van der Waals surface area contributed by atoms with Crippen molar-refractivity contribution in [3.63, 3.8) is 0 Å². The minimum atomic E-state index is -0.252. The second kappa shape index (κ2) is 10.6. The molecule has 0 radical (unpaired) electrons. The SMILES string of the molecule is CCC=CCO[C@@H]1CO[C@@H](c2ccc(C34CCC(CCCCC)(CC3)CC4)cc2)CO1. The molecule has 2 bridgehead atoms. The Bertz CT molecular complexity index is 675. The number of ether oxygens (including phenoxy) is 3. The lowest BCUT2D eigenvalue weighted by molar-refractivity contribution is -0.232. The average Bonchev–Trinajstić information content (AvgIpc) is 2.84. The predicted molar refractivity (Wildman–Crippen MR) is 126 cm³/mol. The molecule has 4 aliphatic rings. The van der Waals surface area contributed by atoms with Gasteiger partial charge >= 0.3 is 0 Å². The number of allylic oxidation sites excluding steroid dienone is 1. The topological polar surface area (TPSA) is 27.7 Å². The molecule has 1 aromatic carbocycles. The first-order valence-electron chi connectivity index (χ1n) is 12.8. The lowest BCUT2D eigenvalue weighted by atomic mass is 9.51. The van der Waals surface area contributed by atoms with Crippen LogP contribution < -0.4 is 0 Å². The van der Waals surface area contributed by atoms with Gasteiger partial charge in [0.25, 0.3) is 0 Å². The van der Waals surface area contributed by atoms with Crippen LogP contribution in [-0.2, 0) is 19.6 Å². The summed E-state index contributed by atoms with van der Waals surface area (Å²) in [6, 6.07) is 9.32. The van der Waals surface area contributed by atoms with E-state index in [-0.39, 0.29) is 12.4 Å². The first kappa shape index (κ1) is 23.0. The first-order chi connectivity index (χ1) is 15.2. The van der Waals surface area contributed by atoms with Crippen molar-refractivity contribution in [2.24, 2.45) is 5.41 Å². The average molecular weight is 427 g/mol. The van der Waals surface area contributed by atoms with Gasteiger partial charge in [0.05, 0.1) is 19.8 Å². The highest BCUT2D eigenvalue weighted by molar-refractivity contribution is 5.32. The standard InChI is InChI=1S/C28H42O3/c1-3-5-7-13-27-14-17-28(18-15-27,19-16-27)24-11-9-23(10-12-24)25-21-31-26(22-30-25)29-20-8-6-4-2/h6,8-12,25-26H,3-5,7,13-22H2,1-2H3/t25-,26+,27?,28?/m1/s1. The van der Waals surface area contributed by atoms with E-state index < -0.39 is 0 Å². The Labute approximate surface area is 189 Å². The van der Waals surface area contributed by atoms with Gasteiger partial charge in [-0.25, -0.2) is 0 Å². The summed E-state index contributed by atoms with van der Waals surface area (Å²) in [6.07, 6.45) is 19.1. The van der Waals surface area contributed by atoms with Gasteiger partial charge in [0.2, 0.25) is 0 Å². The molecule has 5 rings (SSSR count). The molecule has 172 valence electrons. The number of unbranched alkanes of at least 4 members (excludes halogenated alkanes) is 2. The molecule has 0 amide bonds. The minimum Gasteiger partial charge on any atom is -0.366 e. The van der Waals surface area contributed by atoms with E-state index in [0.29, 0.717) is 30.7 Å². The molecule has 1 aliphatic heterocycles. The molecule has 3 aliphatic carbocycles. The van der Waals surface area contributed by atoms with Gasteiger partial charge in [-0.2, -0.15) is 0 Å². The molecule has 2 atom stereocenters. The van der Waals surface area contributed by atoms with E-state index in [1.807, 2.05) is 6.08 Å². The van der Waals surface area contributed by atoms with Crippen molar-refractivity contribution >= 4 is 0 Å². The maximum atomic E-state index is 6.06. The van der Waals surface area contributed by atoms with Crippen LogP contribution in [0.15, 0.2) is 36.4 Å². The van der Waals surface area contributed by atoms with Gasteiger partial charge in [0, 0.05) is 0 Å². The Balaban J connectivity index is 1.28. The van der Waals surface area contributed by atoms with Gasteiger partial charge < -0.3 is 14.2 Å². The molecule has 3 nitrogen and oxygen atoms in total. The Morgan fingerprint density at radius 2 is 1.65 bits per heavy atom. The highest BCUT2D eigenvalue weighted by atomic mass is 16.7. The molecular formula is C28H42O3. The Kier molecular flexibility index (Phi) is 7.90. The lowest BCUT2D eigenvalue weighted by Gasteiger charge is -2.54. The van der Waals surface area contributed by atoms with Crippen LogP contribution in [-0.4, -0.2) is 26.1 Å². The molecule has 3 saturated carbocycles. The number of benzene rings is 1. The molecule has 1 aromatic rings. The van der Waals surface area contributed by atoms with Crippen molar-refractivity contribution in [3.8, 4) is 0 Å². The number of fused-ring (bicyclic) bond motifs is 3. The molecule has 0 spiro atoms. The van der Waals surface area contributed by atoms with Crippen LogP contribution in [0.3, 0.4) is 0 Å². The van der Waals surface area contributed by atoms with Gasteiger partial charge in [0.1, 0.15) is 6.10 Å². The van der Waals surface area contributed by atoms with Crippen LogP contribution in [0.25, 0.3) is 0 Å². The van der Waals surface area contributed by atoms with E-state index in [9.17, 15) is 0 Å². The van der Waals surface area contributed by atoms with Gasteiger partial charge in [-0.15, -0.1) is 0 Å². The zero-order valence-electron chi connectivity index (χ0n) is 19.7. The fourth-order valence-corrected chi connectivity index (χ4v) is 6.04. The molecule has 31 heavy (non-hydrogen) atoms. The van der Waals surface area contributed by atoms with Crippen molar-refractivity contribution in [2.45, 2.75) is 102 Å². The summed E-state index contributed by atoms with van der Waals surface area (Å²) in [5.41, 5.74) is 3.89. The van der Waals surface area contributed by atoms with E-state index in [1.165, 1.54) is 69.8 Å². The summed E-state index contributed by atoms with van der Waals surface area (Å²) < 4.78 is 17.7. The highest BCUT2D eigenvalue weighted by Crippen LogP contribution is 2.59. The zero-order chi connectivity index (χ0) is 21.6. The molecule has 1 saturated heterocycles. The van der Waals surface area contributed by atoms with Crippen molar-refractivity contribution in [2.75, 3.05) is 19.8 Å². The molecule has 0 aromatic heterocycles. The summed E-state index contributed by atoms with van der Waals surface area (Å²) >= 11 is 0. The van der Waals surface area contributed by atoms with E-state index in [0.717, 1.165) is 6.42 Å². The fourth-order valence-electron chi connectivity index (χ4n) is 6.04. The Morgan fingerprint density at radius 3 is 2.26 bits per heavy atom. The molecule has 0 unspecified atom stereocenters. The molecule has 0 N–H and O–H groups in total. The summed E-state index contributed by atoms with van der Waals surface area (Å²) in [4.78, 5) is 0. The third kappa shape index (κ3) is 5.43. The number of hydrogen-bond donors (Lipinski definition) is 0. The van der Waals surface area contributed by atoms with Crippen LogP contribution in [0.4, 0.5) is 0 Å². The summed E-state index contributed by atoms with van der Waals surface area (Å²) in [7, 11) is 0. The van der Waals surface area contributed by atoms with Crippen LogP contribution in [0.2, 0.25) is 0 Å². The quantitative estimate of drug-likeness (QED) is 0.291. The predicted octanol–water partition coefficient (Wildman–Crippen LogP) is 7.26. The minimum absolute atomic E-state index is 0.0153. The van der Waals surface area contributed by atoms with Crippen LogP contribution in [0, 0.1) is 5.41 Å². The van der Waals surface area contributed by atoms with Gasteiger partial charge in [0.15, 0.2) is 6.29 Å². The van der Waals surface area contributed by atoms with Gasteiger partial charge in [-0.1, -0.05) is 69.5 Å². The summed E-state index contributed by atoms with van der Waals surface area (Å²) in [5, 5.41) is 0. The second-order valence-electron chi connectivity index (χ2n) is 10.2. The first-order valence-corrected chi connectivity index (χ1v) is 12.8. The third-order valence-electron chi connectivity index (χ3n) is 8.25. The Morgan fingerprint density at radius 1 is 0.903 bits per heavy atom. The van der Waals surface area contributed by atoms with Crippen molar-refractivity contribution < 1.29 is 14.2 Å². The van der Waals surface area contributed by atoms with E-state index in [1.54, 1.807) is 5.56 Å². The molecule has 4 fully saturated rings. The van der Waals surface area contributed by atoms with Crippen molar-refractivity contribution in [1.29, 1.82) is 0 Å². The largest absolute Gasteiger partial charge is 0.366 e. The number of hydrogen-bond acceptors (Lipinski definition) is 3. The lowest BCUT2D eigenvalue weighted by Crippen LogP contribution is -2.44.